The van der Waals surface area contributed by atoms with Crippen LogP contribution in [0.15, 0.2) is 0 Å². The van der Waals surface area contributed by atoms with Gasteiger partial charge in [-0.25, -0.2) is 0 Å². The van der Waals surface area contributed by atoms with Gasteiger partial charge in [-0.3, -0.25) is 19.3 Å². The summed E-state index contributed by atoms with van der Waals surface area (Å²) in [6.45, 7) is 7.56. The minimum Gasteiger partial charge on any atom is -0.353 e. The fraction of sp³-hybridized carbons (Fsp3) is 0.800. The Bertz CT molecular complexity index is 330. The van der Waals surface area contributed by atoms with Crippen LogP contribution in [0.25, 0.3) is 0 Å². The lowest BCUT2D eigenvalue weighted by Crippen LogP contribution is -2.33. The molecule has 0 aliphatic carbocycles. The monoisotopic (exact) mass is 316 g/mol. The molecular weight excluding hydrogens is 288 g/mol. The molecule has 0 atom stereocenters. The van der Waals surface area contributed by atoms with E-state index in [4.69, 9.17) is 15.2 Å². The van der Waals surface area contributed by atoms with Gasteiger partial charge in [0, 0.05) is 38.9 Å². The molecule has 0 bridgehead atoms. The second kappa shape index (κ2) is 12.3. The fourth-order valence-corrected chi connectivity index (χ4v) is 1.81. The summed E-state index contributed by atoms with van der Waals surface area (Å²) in [7, 11) is 0. The third-order valence-electron chi connectivity index (χ3n) is 2.99. The van der Waals surface area contributed by atoms with Gasteiger partial charge in [-0.15, -0.1) is 0 Å². The first-order valence-corrected chi connectivity index (χ1v) is 7.78. The van der Waals surface area contributed by atoms with E-state index in [2.05, 4.69) is 0 Å². The van der Waals surface area contributed by atoms with Crippen molar-refractivity contribution >= 4 is 17.6 Å². The van der Waals surface area contributed by atoms with E-state index >= 15 is 0 Å². The summed E-state index contributed by atoms with van der Waals surface area (Å²) in [6.07, 6.45) is 1.57. The summed E-state index contributed by atoms with van der Waals surface area (Å²) in [6, 6.07) is 0. The molecule has 0 aromatic carbocycles. The third-order valence-corrected chi connectivity index (χ3v) is 2.99. The molecule has 0 aromatic heterocycles. The number of Topliss-reactive ketones (excluding diaryl/α,β-unsaturated/α-hetero) is 1. The zero-order valence-electron chi connectivity index (χ0n) is 13.8. The van der Waals surface area contributed by atoms with E-state index < -0.39 is 0 Å². The van der Waals surface area contributed by atoms with Gasteiger partial charge >= 0.3 is 0 Å². The van der Waals surface area contributed by atoms with E-state index in [1.807, 2.05) is 13.8 Å². The van der Waals surface area contributed by atoms with E-state index in [9.17, 15) is 14.4 Å². The predicted molar refractivity (Wildman–Crippen MR) is 82.0 cm³/mol. The van der Waals surface area contributed by atoms with Crippen molar-refractivity contribution in [1.29, 1.82) is 0 Å². The molecule has 2 amide bonds. The molecule has 0 aromatic rings. The Hall–Kier alpha value is -1.31. The Morgan fingerprint density at radius 2 is 1.64 bits per heavy atom. The van der Waals surface area contributed by atoms with Crippen molar-refractivity contribution in [1.82, 2.24) is 4.90 Å². The van der Waals surface area contributed by atoms with Crippen molar-refractivity contribution in [3.8, 4) is 0 Å². The second-order valence-electron chi connectivity index (χ2n) is 4.68. The average molecular weight is 316 g/mol. The highest BCUT2D eigenvalue weighted by Crippen LogP contribution is 2.11. The van der Waals surface area contributed by atoms with Gasteiger partial charge in [0.2, 0.25) is 11.8 Å². The number of hydrogen-bond acceptors (Lipinski definition) is 6. The number of ether oxygens (including phenoxy) is 2. The van der Waals surface area contributed by atoms with Crippen LogP contribution < -0.4 is 5.73 Å². The zero-order chi connectivity index (χ0) is 17.0. The molecule has 0 spiro atoms. The number of ketones is 1. The second-order valence-corrected chi connectivity index (χ2v) is 4.68. The van der Waals surface area contributed by atoms with Crippen molar-refractivity contribution in [2.24, 2.45) is 5.73 Å². The predicted octanol–water partition coefficient (Wildman–Crippen LogP) is 0.849. The normalized spacial score (nSPS) is 14.3. The molecule has 1 fully saturated rings. The molecule has 7 nitrogen and oxygen atoms in total. The number of imide groups is 1. The number of carbonyl (C=O) groups is 3. The van der Waals surface area contributed by atoms with Crippen LogP contribution in [0.4, 0.5) is 0 Å². The summed E-state index contributed by atoms with van der Waals surface area (Å²) >= 11 is 0. The lowest BCUT2D eigenvalue weighted by Gasteiger charge is -2.15. The molecule has 7 heteroatoms. The van der Waals surface area contributed by atoms with E-state index in [0.29, 0.717) is 26.2 Å². The van der Waals surface area contributed by atoms with Crippen LogP contribution in [-0.2, 0) is 23.9 Å². The average Bonchev–Trinajstić information content (AvgIpc) is 2.80. The van der Waals surface area contributed by atoms with E-state index in [-0.39, 0.29) is 43.3 Å². The van der Waals surface area contributed by atoms with Crippen LogP contribution in [0.1, 0.15) is 46.5 Å². The largest absolute Gasteiger partial charge is 0.353 e. The van der Waals surface area contributed by atoms with Gasteiger partial charge in [-0.1, -0.05) is 6.92 Å². The molecular formula is C15H28N2O5. The Morgan fingerprint density at radius 1 is 1.14 bits per heavy atom. The molecule has 2 N–H and O–H groups in total. The highest BCUT2D eigenvalue weighted by atomic mass is 16.7. The number of carbonyl (C=O) groups excluding carboxylic acids is 3. The number of rotatable bonds is 9. The van der Waals surface area contributed by atoms with Crippen LogP contribution in [0, 0.1) is 0 Å². The molecule has 1 rings (SSSR count). The zero-order valence-corrected chi connectivity index (χ0v) is 13.8. The first-order chi connectivity index (χ1) is 10.5. The van der Waals surface area contributed by atoms with E-state index in [1.165, 1.54) is 0 Å². The minimum atomic E-state index is -0.221. The van der Waals surface area contributed by atoms with Gasteiger partial charge in [0.15, 0.2) is 12.1 Å². The number of nitrogens with two attached hydrogens (primary N) is 1. The number of amides is 2. The van der Waals surface area contributed by atoms with Crippen LogP contribution in [0.3, 0.4) is 0 Å². The number of nitrogens with zero attached hydrogens (tertiary/aromatic N) is 1. The third kappa shape index (κ3) is 8.21. The smallest absolute Gasteiger partial charge is 0.230 e. The van der Waals surface area contributed by atoms with Crippen molar-refractivity contribution in [3.63, 3.8) is 0 Å². The number of hydrogen-bond donors (Lipinski definition) is 1. The fourth-order valence-electron chi connectivity index (χ4n) is 1.81. The quantitative estimate of drug-likeness (QED) is 0.500. The first kappa shape index (κ1) is 20.7. The summed E-state index contributed by atoms with van der Waals surface area (Å²) in [4.78, 5) is 33.9. The lowest BCUT2D eigenvalue weighted by atomic mass is 10.3. The van der Waals surface area contributed by atoms with E-state index in [0.717, 1.165) is 11.3 Å². The highest BCUT2D eigenvalue weighted by Gasteiger charge is 2.29. The molecule has 1 aliphatic rings. The topological polar surface area (TPSA) is 98.9 Å². The van der Waals surface area contributed by atoms with Gasteiger partial charge in [0.1, 0.15) is 0 Å². The highest BCUT2D eigenvalue weighted by molar-refractivity contribution is 6.04. The summed E-state index contributed by atoms with van der Waals surface area (Å²) < 4.78 is 10.4. The van der Waals surface area contributed by atoms with Crippen LogP contribution >= 0.6 is 0 Å². The molecule has 1 heterocycles. The van der Waals surface area contributed by atoms with Crippen molar-refractivity contribution in [2.75, 3.05) is 26.3 Å². The van der Waals surface area contributed by atoms with Crippen LogP contribution in [0.2, 0.25) is 0 Å². The Morgan fingerprint density at radius 3 is 2.00 bits per heavy atom. The maximum atomic E-state index is 11.0. The molecule has 0 saturated carbocycles. The lowest BCUT2D eigenvalue weighted by molar-refractivity contribution is -0.141. The standard InChI is InChI=1S/C8H11NO3.C7H17NO2/c1-2-6(10)5-9-7(11)3-4-8(9)12;1-3-9-7(5-6-8)10-4-2/h2-5H2,1H3;7H,3-6,8H2,1-2H3. The summed E-state index contributed by atoms with van der Waals surface area (Å²) in [5, 5.41) is 0. The molecule has 1 saturated heterocycles. The maximum absolute atomic E-state index is 11.0. The van der Waals surface area contributed by atoms with Crippen LogP contribution in [-0.4, -0.2) is 55.1 Å². The molecule has 128 valence electrons. The van der Waals surface area contributed by atoms with Crippen molar-refractivity contribution < 1.29 is 23.9 Å². The minimum absolute atomic E-state index is 0.0336. The molecule has 1 aliphatic heterocycles. The maximum Gasteiger partial charge on any atom is 0.230 e. The summed E-state index contributed by atoms with van der Waals surface area (Å²) in [5.41, 5.74) is 5.33. The van der Waals surface area contributed by atoms with Gasteiger partial charge in [-0.05, 0) is 20.4 Å². The SMILES string of the molecule is CCC(=O)CN1C(=O)CCC1=O.CCOC(CCN)OCC. The van der Waals surface area contributed by atoms with E-state index in [1.54, 1.807) is 6.92 Å². The Labute approximate surface area is 132 Å². The Kier molecular flexibility index (Phi) is 11.5. The van der Waals surface area contributed by atoms with Gasteiger partial charge in [-0.2, -0.15) is 0 Å². The molecule has 0 radical (unpaired) electrons. The molecule has 0 unspecified atom stereocenters. The van der Waals surface area contributed by atoms with Crippen molar-refractivity contribution in [2.45, 2.75) is 52.7 Å². The summed E-state index contributed by atoms with van der Waals surface area (Å²) in [5.74, 6) is -0.512. The number of likely N-dealkylation sites (tertiary alicyclic amines) is 1. The molecule has 22 heavy (non-hydrogen) atoms. The Balaban J connectivity index is 0.000000409. The first-order valence-electron chi connectivity index (χ1n) is 7.78. The van der Waals surface area contributed by atoms with Gasteiger partial charge in [0.25, 0.3) is 0 Å². The van der Waals surface area contributed by atoms with Crippen molar-refractivity contribution in [3.05, 3.63) is 0 Å². The van der Waals surface area contributed by atoms with Gasteiger partial charge < -0.3 is 15.2 Å². The van der Waals surface area contributed by atoms with Gasteiger partial charge in [0.05, 0.1) is 6.54 Å². The van der Waals surface area contributed by atoms with Crippen LogP contribution in [0.5, 0.6) is 0 Å².